The molecular formula is C17H36O4S. The molecule has 0 aromatic carbocycles. The zero-order valence-electron chi connectivity index (χ0n) is 14.5. The van der Waals surface area contributed by atoms with Crippen molar-refractivity contribution >= 4 is 10.1 Å². The van der Waals surface area contributed by atoms with E-state index in [4.69, 9.17) is 9.66 Å². The second-order valence-corrected chi connectivity index (χ2v) is 8.23. The Bertz CT molecular complexity index is 339. The van der Waals surface area contributed by atoms with E-state index in [-0.39, 0.29) is 6.10 Å². The summed E-state index contributed by atoms with van der Waals surface area (Å²) in [5.74, 6) is 0. The average molecular weight is 337 g/mol. The summed E-state index contributed by atoms with van der Waals surface area (Å²) in [7, 11) is -3.86. The molecule has 0 rings (SSSR count). The van der Waals surface area contributed by atoms with Gasteiger partial charge in [-0.3, -0.25) is 4.55 Å². The fraction of sp³-hybridized carbons (Fsp3) is 1.00. The van der Waals surface area contributed by atoms with Crippen LogP contribution in [0.15, 0.2) is 0 Å². The molecule has 2 unspecified atom stereocenters. The monoisotopic (exact) mass is 336 g/mol. The van der Waals surface area contributed by atoms with Crippen LogP contribution in [0.3, 0.4) is 0 Å². The van der Waals surface area contributed by atoms with Gasteiger partial charge in [0.2, 0.25) is 0 Å². The van der Waals surface area contributed by atoms with Crippen LogP contribution in [-0.2, 0) is 10.1 Å². The second-order valence-electron chi connectivity index (χ2n) is 6.53. The number of hydrogen-bond donors (Lipinski definition) is 2. The van der Waals surface area contributed by atoms with E-state index in [1.54, 1.807) is 0 Å². The van der Waals surface area contributed by atoms with Crippen molar-refractivity contribution in [2.75, 3.05) is 0 Å². The van der Waals surface area contributed by atoms with Crippen molar-refractivity contribution in [3.63, 3.8) is 0 Å². The summed E-state index contributed by atoms with van der Waals surface area (Å²) in [6, 6.07) is 0. The van der Waals surface area contributed by atoms with Crippen LogP contribution in [0.25, 0.3) is 0 Å². The summed E-state index contributed by atoms with van der Waals surface area (Å²) in [6.07, 6.45) is 13.0. The molecule has 2 N–H and O–H groups in total. The van der Waals surface area contributed by atoms with Crippen molar-refractivity contribution in [3.05, 3.63) is 0 Å². The highest BCUT2D eigenvalue weighted by Crippen LogP contribution is 2.17. The molecule has 5 heteroatoms. The van der Waals surface area contributed by atoms with Gasteiger partial charge in [0.1, 0.15) is 0 Å². The molecule has 0 heterocycles. The number of aliphatic hydroxyl groups is 1. The summed E-state index contributed by atoms with van der Waals surface area (Å²) < 4.78 is 31.5. The minimum atomic E-state index is -3.86. The molecule has 0 aromatic rings. The van der Waals surface area contributed by atoms with E-state index in [1.807, 2.05) is 13.8 Å². The van der Waals surface area contributed by atoms with Gasteiger partial charge in [0.15, 0.2) is 0 Å². The van der Waals surface area contributed by atoms with Crippen molar-refractivity contribution in [1.82, 2.24) is 0 Å². The van der Waals surface area contributed by atoms with E-state index < -0.39 is 15.4 Å². The minimum absolute atomic E-state index is 0.167. The van der Waals surface area contributed by atoms with Crippen molar-refractivity contribution < 1.29 is 18.1 Å². The van der Waals surface area contributed by atoms with E-state index in [1.165, 1.54) is 32.1 Å². The van der Waals surface area contributed by atoms with Gasteiger partial charge in [-0.15, -0.1) is 0 Å². The maximum atomic E-state index is 11.2. The van der Waals surface area contributed by atoms with E-state index in [0.717, 1.165) is 38.5 Å². The Morgan fingerprint density at radius 2 is 1.18 bits per heavy atom. The molecule has 0 aliphatic heterocycles. The van der Waals surface area contributed by atoms with Crippen LogP contribution in [0.1, 0.15) is 97.3 Å². The highest BCUT2D eigenvalue weighted by molar-refractivity contribution is 7.86. The number of unbranched alkanes of at least 4 members (excludes halogenated alkanes) is 8. The van der Waals surface area contributed by atoms with Gasteiger partial charge in [-0.2, -0.15) is 8.42 Å². The fourth-order valence-corrected chi connectivity index (χ4v) is 3.81. The molecule has 0 aromatic heterocycles. The van der Waals surface area contributed by atoms with E-state index in [0.29, 0.717) is 12.8 Å². The van der Waals surface area contributed by atoms with Gasteiger partial charge >= 0.3 is 0 Å². The van der Waals surface area contributed by atoms with Gasteiger partial charge < -0.3 is 5.11 Å². The zero-order chi connectivity index (χ0) is 16.8. The largest absolute Gasteiger partial charge is 0.393 e. The molecular weight excluding hydrogens is 300 g/mol. The fourth-order valence-electron chi connectivity index (χ4n) is 2.81. The predicted octanol–water partition coefficient (Wildman–Crippen LogP) is 4.71. The maximum Gasteiger partial charge on any atom is 0.267 e. The normalized spacial score (nSPS) is 14.9. The topological polar surface area (TPSA) is 74.6 Å². The van der Waals surface area contributed by atoms with Crippen molar-refractivity contribution in [1.29, 1.82) is 0 Å². The summed E-state index contributed by atoms with van der Waals surface area (Å²) >= 11 is 0. The average Bonchev–Trinajstić information content (AvgIpc) is 2.42. The number of hydrogen-bond acceptors (Lipinski definition) is 3. The first-order valence-corrected chi connectivity index (χ1v) is 10.5. The lowest BCUT2D eigenvalue weighted by Gasteiger charge is -2.12. The standard InChI is InChI=1S/C17H36O4S/c1-3-13-17(22(19,20)21)15-12-10-8-6-4-5-7-9-11-14-16(2)18/h16-18H,3-15H2,1-2H3,(H,19,20,21). The lowest BCUT2D eigenvalue weighted by Crippen LogP contribution is -2.20. The molecule has 22 heavy (non-hydrogen) atoms. The summed E-state index contributed by atoms with van der Waals surface area (Å²) in [6.45, 7) is 3.78. The van der Waals surface area contributed by atoms with E-state index >= 15 is 0 Å². The van der Waals surface area contributed by atoms with Gasteiger partial charge in [0, 0.05) is 0 Å². The molecule has 0 saturated carbocycles. The molecule has 4 nitrogen and oxygen atoms in total. The molecule has 0 aliphatic carbocycles. The molecule has 0 amide bonds. The molecule has 0 fully saturated rings. The Balaban J connectivity index is 3.42. The third kappa shape index (κ3) is 13.5. The van der Waals surface area contributed by atoms with Gasteiger partial charge in [0.25, 0.3) is 10.1 Å². The molecule has 0 radical (unpaired) electrons. The SMILES string of the molecule is CCCC(CCCCCCCCCCCC(C)O)S(=O)(=O)O. The van der Waals surface area contributed by atoms with Crippen LogP contribution in [0, 0.1) is 0 Å². The quantitative estimate of drug-likeness (QED) is 0.335. The number of rotatable bonds is 15. The van der Waals surface area contributed by atoms with Crippen LogP contribution in [0.2, 0.25) is 0 Å². The highest BCUT2D eigenvalue weighted by Gasteiger charge is 2.20. The molecule has 2 atom stereocenters. The second kappa shape index (κ2) is 13.3. The Morgan fingerprint density at radius 3 is 1.55 bits per heavy atom. The first kappa shape index (κ1) is 21.9. The first-order chi connectivity index (χ1) is 10.4. The molecule has 0 bridgehead atoms. The van der Waals surface area contributed by atoms with Crippen LogP contribution < -0.4 is 0 Å². The van der Waals surface area contributed by atoms with E-state index in [9.17, 15) is 8.42 Å². The van der Waals surface area contributed by atoms with Gasteiger partial charge in [-0.25, -0.2) is 0 Å². The first-order valence-electron chi connectivity index (χ1n) is 9.02. The third-order valence-electron chi connectivity index (χ3n) is 4.18. The van der Waals surface area contributed by atoms with Gasteiger partial charge in [-0.05, 0) is 26.2 Å². The molecule has 0 spiro atoms. The highest BCUT2D eigenvalue weighted by atomic mass is 32.2. The lowest BCUT2D eigenvalue weighted by atomic mass is 10.0. The summed E-state index contributed by atoms with van der Waals surface area (Å²) in [5, 5.41) is 8.58. The van der Waals surface area contributed by atoms with Crippen molar-refractivity contribution in [2.45, 2.75) is 109 Å². The van der Waals surface area contributed by atoms with Crippen LogP contribution >= 0.6 is 0 Å². The van der Waals surface area contributed by atoms with E-state index in [2.05, 4.69) is 0 Å². The Morgan fingerprint density at radius 1 is 0.773 bits per heavy atom. The Labute approximate surface area is 137 Å². The minimum Gasteiger partial charge on any atom is -0.393 e. The van der Waals surface area contributed by atoms with Crippen LogP contribution in [0.4, 0.5) is 0 Å². The lowest BCUT2D eigenvalue weighted by molar-refractivity contribution is 0.180. The van der Waals surface area contributed by atoms with Gasteiger partial charge in [0.05, 0.1) is 11.4 Å². The molecule has 0 saturated heterocycles. The van der Waals surface area contributed by atoms with Crippen molar-refractivity contribution in [2.24, 2.45) is 0 Å². The molecule has 134 valence electrons. The van der Waals surface area contributed by atoms with Crippen LogP contribution in [-0.4, -0.2) is 29.4 Å². The number of aliphatic hydroxyl groups excluding tert-OH is 1. The smallest absolute Gasteiger partial charge is 0.267 e. The van der Waals surface area contributed by atoms with Crippen molar-refractivity contribution in [3.8, 4) is 0 Å². The summed E-state index contributed by atoms with van der Waals surface area (Å²) in [5.41, 5.74) is 0. The third-order valence-corrected chi connectivity index (χ3v) is 5.49. The Hall–Kier alpha value is -0.130. The Kier molecular flexibility index (Phi) is 13.2. The van der Waals surface area contributed by atoms with Crippen LogP contribution in [0.5, 0.6) is 0 Å². The van der Waals surface area contributed by atoms with Gasteiger partial charge in [-0.1, -0.05) is 71.1 Å². The zero-order valence-corrected chi connectivity index (χ0v) is 15.3. The summed E-state index contributed by atoms with van der Waals surface area (Å²) in [4.78, 5) is 0. The predicted molar refractivity (Wildman–Crippen MR) is 92.7 cm³/mol. The molecule has 0 aliphatic rings. The maximum absolute atomic E-state index is 11.2.